The van der Waals surface area contributed by atoms with E-state index in [1.54, 1.807) is 0 Å². The third kappa shape index (κ3) is 8.98. The van der Waals surface area contributed by atoms with Gasteiger partial charge < -0.3 is 2.85 Å². The maximum Gasteiger partial charge on any atom is 2.00 e. The molecule has 0 rings (SSSR count). The summed E-state index contributed by atoms with van der Waals surface area (Å²) in [6, 6.07) is 0. The Balaban J connectivity index is 0. The van der Waals surface area contributed by atoms with E-state index in [2.05, 4.69) is 0 Å². The Bertz CT molecular complexity index is 13.5. The van der Waals surface area contributed by atoms with Crippen LogP contribution in [0.15, 0.2) is 0 Å². The van der Waals surface area contributed by atoms with Gasteiger partial charge in [0, 0.05) is 19.5 Å². The molecule has 2 radical (unpaired) electrons. The maximum atomic E-state index is 0. The van der Waals surface area contributed by atoms with E-state index < -0.39 is 0 Å². The summed E-state index contributed by atoms with van der Waals surface area (Å²) in [5, 5.41) is 0. The molecule has 4 heteroatoms. The molecule has 0 heterocycles. The summed E-state index contributed by atoms with van der Waals surface area (Å²) >= 11 is 0. The molecule has 0 spiro atoms. The van der Waals surface area contributed by atoms with Gasteiger partial charge in [-0.2, -0.15) is 13.5 Å². The minimum absolute atomic E-state index is 0. The first kappa shape index (κ1) is 26.8. The summed E-state index contributed by atoms with van der Waals surface area (Å²) in [7, 11) is 0. The fraction of sp³-hybridized carbons (Fsp3) is 0. The summed E-state index contributed by atoms with van der Waals surface area (Å²) in [6.07, 6.45) is 0. The Hall–Kier alpha value is 3.25. The van der Waals surface area contributed by atoms with Crippen molar-refractivity contribution in [2.24, 2.45) is 0 Å². The number of rotatable bonds is 0. The zero-order valence-electron chi connectivity index (χ0n) is 4.62. The Morgan fingerprint density at radius 2 is 1.25 bits per heavy atom. The van der Waals surface area contributed by atoms with Gasteiger partial charge in [0.2, 0.25) is 0 Å². The van der Waals surface area contributed by atoms with Crippen LogP contribution in [0, 0.1) is 0 Å². The average Bonchev–Trinajstić information content (AvgIpc) is 0. The van der Waals surface area contributed by atoms with E-state index in [4.69, 9.17) is 0 Å². The molecule has 0 aliphatic heterocycles. The van der Waals surface area contributed by atoms with Crippen molar-refractivity contribution in [1.29, 1.82) is 0 Å². The molecule has 0 bridgehead atoms. The first-order valence-corrected chi connectivity index (χ1v) is 0. The SMILES string of the molecule is S.[H-].[H-].[SnH2].[Sr+2].[Zn]. The fourth-order valence-corrected chi connectivity index (χ4v) is 0. The van der Waals surface area contributed by atoms with Gasteiger partial charge in [-0.1, -0.05) is 0 Å². The summed E-state index contributed by atoms with van der Waals surface area (Å²) in [4.78, 5) is 0. The molecule has 0 saturated heterocycles. The molecule has 0 aromatic rings. The molecule has 4 heavy (non-hydrogen) atoms. The van der Waals surface area contributed by atoms with E-state index in [-0.39, 0.29) is 105 Å². The molecular weight excluding hydrogens is 304 g/mol. The fourth-order valence-electron chi connectivity index (χ4n) is 0. The van der Waals surface area contributed by atoms with Gasteiger partial charge in [-0.25, -0.2) is 0 Å². The molecule has 0 atom stereocenters. The van der Waals surface area contributed by atoms with Crippen molar-refractivity contribution in [3.05, 3.63) is 0 Å². The monoisotopic (exact) mass is 310 g/mol. The first-order chi connectivity index (χ1) is 0. The van der Waals surface area contributed by atoms with Gasteiger partial charge in [-0.15, -0.1) is 0 Å². The second-order valence-corrected chi connectivity index (χ2v) is 0. The van der Waals surface area contributed by atoms with Crippen LogP contribution in [0.2, 0.25) is 0 Å². The van der Waals surface area contributed by atoms with Crippen molar-refractivity contribution < 1.29 is 22.3 Å². The first-order valence-electron chi connectivity index (χ1n) is 0. The van der Waals surface area contributed by atoms with E-state index >= 15 is 0 Å². The van der Waals surface area contributed by atoms with Crippen LogP contribution in [0.1, 0.15) is 2.85 Å². The summed E-state index contributed by atoms with van der Waals surface area (Å²) in [6.45, 7) is 0. The minimum Gasteiger partial charge on any atom is 0 e. The molecule has 0 unspecified atom stereocenters. The molecule has 20 valence electrons. The minimum atomic E-state index is 0. The molecular formula is H6SSnSrZn. The van der Waals surface area contributed by atoms with E-state index in [1.807, 2.05) is 0 Å². The Kier molecular flexibility index (Phi) is 109. The smallest absolute Gasteiger partial charge is 0 e. The molecule has 0 nitrogen and oxygen atoms in total. The molecule has 0 aliphatic carbocycles. The van der Waals surface area contributed by atoms with Crippen LogP contribution in [0.5, 0.6) is 0 Å². The number of hydrogen-bond donors (Lipinski definition) is 0. The number of hydrogen-bond acceptors (Lipinski definition) is 0. The Morgan fingerprint density at radius 3 is 1.25 bits per heavy atom. The Morgan fingerprint density at radius 1 is 1.25 bits per heavy atom. The van der Waals surface area contributed by atoms with E-state index in [0.29, 0.717) is 0 Å². The van der Waals surface area contributed by atoms with Gasteiger partial charge >= 0.3 is 69.4 Å². The molecule has 0 fully saturated rings. The van der Waals surface area contributed by atoms with Crippen molar-refractivity contribution >= 4 is 82.9 Å². The normalized spacial score (nSPS) is 0. The van der Waals surface area contributed by atoms with Crippen LogP contribution >= 0.6 is 13.5 Å². The van der Waals surface area contributed by atoms with Crippen LogP contribution in [-0.4, -0.2) is 69.4 Å². The van der Waals surface area contributed by atoms with Gasteiger partial charge in [-0.3, -0.25) is 0 Å². The Labute approximate surface area is 103 Å². The topological polar surface area (TPSA) is 0 Å². The third-order valence-electron chi connectivity index (χ3n) is 0. The average molecular weight is 310 g/mol. The molecule has 0 aromatic carbocycles. The van der Waals surface area contributed by atoms with Crippen molar-refractivity contribution in [3.8, 4) is 0 Å². The molecule has 0 aromatic heterocycles. The van der Waals surface area contributed by atoms with E-state index in [9.17, 15) is 0 Å². The van der Waals surface area contributed by atoms with Gasteiger partial charge in [0.15, 0.2) is 0 Å². The molecule has 0 saturated carbocycles. The van der Waals surface area contributed by atoms with Gasteiger partial charge in [0.25, 0.3) is 0 Å². The second-order valence-electron chi connectivity index (χ2n) is 0. The quantitative estimate of drug-likeness (QED) is 0.506. The van der Waals surface area contributed by atoms with E-state index in [1.165, 1.54) is 0 Å². The standard InChI is InChI=1S/H2S.Sn.Sr.Zn.4H/h1H2;;;;;;;/q;;+2;;;;2*-1. The second kappa shape index (κ2) is 16.3. The predicted molar refractivity (Wildman–Crippen MR) is 26.9 cm³/mol. The van der Waals surface area contributed by atoms with Gasteiger partial charge in [0.05, 0.1) is 0 Å². The van der Waals surface area contributed by atoms with Crippen molar-refractivity contribution in [2.45, 2.75) is 0 Å². The van der Waals surface area contributed by atoms with Crippen LogP contribution in [0.25, 0.3) is 0 Å². The summed E-state index contributed by atoms with van der Waals surface area (Å²) < 4.78 is 0. The van der Waals surface area contributed by atoms with Crippen LogP contribution in [-0.2, 0) is 19.5 Å². The molecule has 0 N–H and O–H groups in total. The van der Waals surface area contributed by atoms with Gasteiger partial charge in [-0.05, 0) is 0 Å². The van der Waals surface area contributed by atoms with Crippen LogP contribution in [0.4, 0.5) is 0 Å². The maximum absolute atomic E-state index is 0. The van der Waals surface area contributed by atoms with Gasteiger partial charge in [0.1, 0.15) is 0 Å². The van der Waals surface area contributed by atoms with E-state index in [0.717, 1.165) is 0 Å². The van der Waals surface area contributed by atoms with Crippen molar-refractivity contribution in [1.82, 2.24) is 0 Å². The largest absolute Gasteiger partial charge is 2.00 e. The van der Waals surface area contributed by atoms with Crippen molar-refractivity contribution in [2.75, 3.05) is 0 Å². The van der Waals surface area contributed by atoms with Crippen LogP contribution < -0.4 is 0 Å². The molecule has 0 amide bonds. The summed E-state index contributed by atoms with van der Waals surface area (Å²) in [5.41, 5.74) is 0. The zero-order valence-corrected chi connectivity index (χ0v) is 14.1. The summed E-state index contributed by atoms with van der Waals surface area (Å²) in [5.74, 6) is 0. The molecule has 0 aliphatic rings. The van der Waals surface area contributed by atoms with Crippen LogP contribution in [0.3, 0.4) is 0 Å². The van der Waals surface area contributed by atoms with Crippen molar-refractivity contribution in [3.63, 3.8) is 0 Å². The third-order valence-corrected chi connectivity index (χ3v) is 0. The predicted octanol–water partition coefficient (Wildman–Crippen LogP) is -0.962. The zero-order chi connectivity index (χ0) is 0.